The Hall–Kier alpha value is -2.07. The van der Waals surface area contributed by atoms with Crippen LogP contribution in [0.5, 0.6) is 0 Å². The molecule has 1 aliphatic heterocycles. The highest BCUT2D eigenvalue weighted by molar-refractivity contribution is 7.99. The highest BCUT2D eigenvalue weighted by Gasteiger charge is 2.23. The average molecular weight is 492 g/mol. The molecule has 7 nitrogen and oxygen atoms in total. The Kier molecular flexibility index (Phi) is 7.72. The van der Waals surface area contributed by atoms with Gasteiger partial charge in [-0.1, -0.05) is 41.1 Å². The second-order valence-corrected chi connectivity index (χ2v) is 10.2. The second kappa shape index (κ2) is 10.7. The van der Waals surface area contributed by atoms with Crippen LogP contribution < -0.4 is 4.90 Å². The van der Waals surface area contributed by atoms with Crippen LogP contribution in [0.15, 0.2) is 41.6 Å². The number of aryl methyl sites for hydroxylation is 1. The molecule has 0 N–H and O–H groups in total. The van der Waals surface area contributed by atoms with Crippen molar-refractivity contribution in [3.8, 4) is 5.69 Å². The van der Waals surface area contributed by atoms with Crippen molar-refractivity contribution in [1.82, 2.24) is 19.7 Å². The number of anilines is 1. The number of thiophene rings is 1. The molecule has 1 aromatic carbocycles. The highest BCUT2D eigenvalue weighted by Crippen LogP contribution is 2.28. The van der Waals surface area contributed by atoms with E-state index in [0.29, 0.717) is 37.2 Å². The Bertz CT molecular complexity index is 1050. The largest absolute Gasteiger partial charge is 0.378 e. The molecule has 1 amide bonds. The van der Waals surface area contributed by atoms with Crippen molar-refractivity contribution in [1.29, 1.82) is 0 Å². The number of morpholine rings is 1. The summed E-state index contributed by atoms with van der Waals surface area (Å²) in [4.78, 5) is 18.0. The Labute approximate surface area is 201 Å². The number of halogens is 1. The molecule has 10 heteroatoms. The van der Waals surface area contributed by atoms with E-state index in [1.165, 1.54) is 28.7 Å². The summed E-state index contributed by atoms with van der Waals surface area (Å²) in [5.74, 6) is 1.14. The quantitative estimate of drug-likeness (QED) is 0.438. The minimum atomic E-state index is 0.0633. The lowest BCUT2D eigenvalue weighted by Crippen LogP contribution is -2.37. The fraction of sp³-hybridized carbons (Fsp3) is 0.409. The number of ether oxygens (including phenoxy) is 1. The first-order chi connectivity index (χ1) is 15.5. The summed E-state index contributed by atoms with van der Waals surface area (Å²) < 4.78 is 8.27. The van der Waals surface area contributed by atoms with E-state index in [2.05, 4.69) is 46.3 Å². The number of carbonyl (C=O) groups excluding carboxylic acids is 1. The van der Waals surface area contributed by atoms with E-state index in [-0.39, 0.29) is 5.91 Å². The van der Waals surface area contributed by atoms with Crippen molar-refractivity contribution in [3.63, 3.8) is 0 Å². The number of thioether (sulfide) groups is 1. The van der Waals surface area contributed by atoms with Crippen molar-refractivity contribution in [2.24, 2.45) is 0 Å². The summed E-state index contributed by atoms with van der Waals surface area (Å²) >= 11 is 8.96. The normalized spacial score (nSPS) is 14.0. The third-order valence-corrected chi connectivity index (χ3v) is 7.37. The first-order valence-electron chi connectivity index (χ1n) is 10.5. The average Bonchev–Trinajstić information content (AvgIpc) is 3.43. The monoisotopic (exact) mass is 491 g/mol. The fourth-order valence-electron chi connectivity index (χ4n) is 3.46. The van der Waals surface area contributed by atoms with E-state index in [4.69, 9.17) is 16.3 Å². The zero-order chi connectivity index (χ0) is 22.5. The van der Waals surface area contributed by atoms with Crippen LogP contribution in [0.2, 0.25) is 4.34 Å². The van der Waals surface area contributed by atoms with Crippen LogP contribution in [0.4, 0.5) is 5.95 Å². The number of hydrogen-bond acceptors (Lipinski definition) is 7. The van der Waals surface area contributed by atoms with Gasteiger partial charge in [-0.05, 0) is 38.1 Å². The summed E-state index contributed by atoms with van der Waals surface area (Å²) in [6, 6.07) is 12.1. The Morgan fingerprint density at radius 2 is 1.94 bits per heavy atom. The molecule has 0 bridgehead atoms. The number of benzene rings is 1. The van der Waals surface area contributed by atoms with Crippen molar-refractivity contribution in [2.45, 2.75) is 25.5 Å². The molecule has 0 unspecified atom stereocenters. The van der Waals surface area contributed by atoms with Crippen LogP contribution in [0, 0.1) is 6.92 Å². The highest BCUT2D eigenvalue weighted by atomic mass is 35.5. The van der Waals surface area contributed by atoms with Gasteiger partial charge < -0.3 is 14.5 Å². The lowest BCUT2D eigenvalue weighted by molar-refractivity contribution is -0.128. The number of aromatic nitrogens is 3. The van der Waals surface area contributed by atoms with E-state index in [9.17, 15) is 4.79 Å². The van der Waals surface area contributed by atoms with Crippen molar-refractivity contribution >= 4 is 46.6 Å². The van der Waals surface area contributed by atoms with E-state index in [1.807, 2.05) is 28.5 Å². The molecule has 1 saturated heterocycles. The molecule has 0 atom stereocenters. The van der Waals surface area contributed by atoms with Gasteiger partial charge in [-0.25, -0.2) is 0 Å². The minimum Gasteiger partial charge on any atom is -0.378 e. The predicted octanol–water partition coefficient (Wildman–Crippen LogP) is 4.27. The van der Waals surface area contributed by atoms with Crippen LogP contribution in [0.3, 0.4) is 0 Å². The van der Waals surface area contributed by atoms with E-state index in [1.54, 1.807) is 0 Å². The van der Waals surface area contributed by atoms with Gasteiger partial charge in [0.15, 0.2) is 5.16 Å². The maximum atomic E-state index is 13.0. The Morgan fingerprint density at radius 3 is 2.59 bits per heavy atom. The summed E-state index contributed by atoms with van der Waals surface area (Å²) in [5.41, 5.74) is 2.17. The number of hydrogen-bond donors (Lipinski definition) is 0. The van der Waals surface area contributed by atoms with E-state index >= 15 is 0 Å². The standard InChI is InChI=1S/C22H26ClN5O2S2/c1-3-26(14-18-8-9-19(23)32-18)20(29)15-31-22-25-24-21(27-10-12-30-13-11-27)28(22)17-6-4-16(2)5-7-17/h4-9H,3,10-15H2,1-2H3. The Morgan fingerprint density at radius 1 is 1.19 bits per heavy atom. The summed E-state index contributed by atoms with van der Waals surface area (Å²) in [6.45, 7) is 8.12. The molecule has 1 aliphatic rings. The molecule has 0 spiro atoms. The number of carbonyl (C=O) groups is 1. The van der Waals surface area contributed by atoms with Gasteiger partial charge in [0.2, 0.25) is 11.9 Å². The van der Waals surface area contributed by atoms with Crippen LogP contribution in [-0.2, 0) is 16.1 Å². The smallest absolute Gasteiger partial charge is 0.233 e. The second-order valence-electron chi connectivity index (χ2n) is 7.46. The molecular formula is C22H26ClN5O2S2. The van der Waals surface area contributed by atoms with Gasteiger partial charge in [0.25, 0.3) is 0 Å². The van der Waals surface area contributed by atoms with Gasteiger partial charge in [0.05, 0.1) is 35.5 Å². The van der Waals surface area contributed by atoms with Gasteiger partial charge in [0.1, 0.15) is 0 Å². The molecule has 3 heterocycles. The van der Waals surface area contributed by atoms with Gasteiger partial charge in [-0.3, -0.25) is 9.36 Å². The third kappa shape index (κ3) is 5.46. The Balaban J connectivity index is 1.52. The van der Waals surface area contributed by atoms with Crippen molar-refractivity contribution in [2.75, 3.05) is 43.5 Å². The van der Waals surface area contributed by atoms with Gasteiger partial charge in [-0.2, -0.15) is 0 Å². The molecule has 4 rings (SSSR count). The van der Waals surface area contributed by atoms with Gasteiger partial charge in [-0.15, -0.1) is 21.5 Å². The molecule has 170 valence electrons. The zero-order valence-corrected chi connectivity index (χ0v) is 20.5. The molecule has 0 aliphatic carbocycles. The topological polar surface area (TPSA) is 63.5 Å². The molecule has 3 aromatic rings. The van der Waals surface area contributed by atoms with Crippen molar-refractivity contribution in [3.05, 3.63) is 51.2 Å². The fourth-order valence-corrected chi connectivity index (χ4v) is 5.42. The molecule has 1 fully saturated rings. The molecule has 0 radical (unpaired) electrons. The summed E-state index contributed by atoms with van der Waals surface area (Å²) in [5, 5.41) is 9.63. The predicted molar refractivity (Wildman–Crippen MR) is 130 cm³/mol. The minimum absolute atomic E-state index is 0.0633. The number of rotatable bonds is 8. The van der Waals surface area contributed by atoms with Crippen LogP contribution in [0.1, 0.15) is 17.4 Å². The molecular weight excluding hydrogens is 466 g/mol. The first kappa shape index (κ1) is 23.1. The van der Waals surface area contributed by atoms with E-state index in [0.717, 1.165) is 33.9 Å². The lowest BCUT2D eigenvalue weighted by Gasteiger charge is -2.28. The number of amides is 1. The molecule has 2 aromatic heterocycles. The van der Waals surface area contributed by atoms with Crippen LogP contribution in [0.25, 0.3) is 5.69 Å². The summed E-state index contributed by atoms with van der Waals surface area (Å²) in [6.07, 6.45) is 0. The molecule has 32 heavy (non-hydrogen) atoms. The zero-order valence-electron chi connectivity index (χ0n) is 18.2. The van der Waals surface area contributed by atoms with Gasteiger partial charge in [0, 0.05) is 24.5 Å². The van der Waals surface area contributed by atoms with Crippen LogP contribution in [-0.4, -0.2) is 64.2 Å². The molecule has 0 saturated carbocycles. The first-order valence-corrected chi connectivity index (χ1v) is 12.7. The number of nitrogens with zero attached hydrogens (tertiary/aromatic N) is 5. The van der Waals surface area contributed by atoms with Crippen molar-refractivity contribution < 1.29 is 9.53 Å². The SMILES string of the molecule is CCN(Cc1ccc(Cl)s1)C(=O)CSc1nnc(N2CCOCC2)n1-c1ccc(C)cc1. The third-order valence-electron chi connectivity index (χ3n) is 5.24. The summed E-state index contributed by atoms with van der Waals surface area (Å²) in [7, 11) is 0. The van der Waals surface area contributed by atoms with Gasteiger partial charge >= 0.3 is 0 Å². The van der Waals surface area contributed by atoms with E-state index < -0.39 is 0 Å². The lowest BCUT2D eigenvalue weighted by atomic mass is 10.2. The van der Waals surface area contributed by atoms with Crippen LogP contribution >= 0.6 is 34.7 Å². The maximum absolute atomic E-state index is 13.0. The maximum Gasteiger partial charge on any atom is 0.233 e.